The average Bonchev–Trinajstić information content (AvgIpc) is 2.60. The summed E-state index contributed by atoms with van der Waals surface area (Å²) in [6.45, 7) is 3.29. The number of carbonyl (C=O) groups excluding carboxylic acids is 1. The van der Waals surface area contributed by atoms with Gasteiger partial charge in [-0.25, -0.2) is 12.8 Å². The molecule has 140 valence electrons. The van der Waals surface area contributed by atoms with E-state index >= 15 is 0 Å². The van der Waals surface area contributed by atoms with Crippen molar-refractivity contribution in [3.05, 3.63) is 64.4 Å². The minimum absolute atomic E-state index is 0.0468. The van der Waals surface area contributed by atoms with Crippen LogP contribution in [0.4, 0.5) is 4.39 Å². The van der Waals surface area contributed by atoms with Gasteiger partial charge >= 0.3 is 0 Å². The molecular formula is C18H20BrFN2O3S. The molecule has 2 aromatic carbocycles. The first-order valence-corrected chi connectivity index (χ1v) is 10.3. The van der Waals surface area contributed by atoms with E-state index in [1.165, 1.54) is 12.1 Å². The van der Waals surface area contributed by atoms with Gasteiger partial charge in [0, 0.05) is 11.0 Å². The van der Waals surface area contributed by atoms with Crippen molar-refractivity contribution in [2.24, 2.45) is 0 Å². The van der Waals surface area contributed by atoms with E-state index in [1.807, 2.05) is 31.2 Å². The molecule has 0 aliphatic heterocycles. The van der Waals surface area contributed by atoms with Gasteiger partial charge in [-0.15, -0.1) is 0 Å². The molecule has 0 unspecified atom stereocenters. The van der Waals surface area contributed by atoms with Crippen molar-refractivity contribution in [3.8, 4) is 0 Å². The molecule has 0 aliphatic rings. The topological polar surface area (TPSA) is 66.5 Å². The third-order valence-electron chi connectivity index (χ3n) is 3.87. The zero-order valence-electron chi connectivity index (χ0n) is 14.4. The number of benzene rings is 2. The number of hydrogen-bond acceptors (Lipinski definition) is 3. The first-order chi connectivity index (χ1) is 12.2. The maximum atomic E-state index is 13.0. The Bertz CT molecular complexity index is 855. The molecule has 26 heavy (non-hydrogen) atoms. The number of carbonyl (C=O) groups is 1. The van der Waals surface area contributed by atoms with Crippen LogP contribution >= 0.6 is 15.9 Å². The molecule has 0 aromatic heterocycles. The average molecular weight is 443 g/mol. The van der Waals surface area contributed by atoms with E-state index in [2.05, 4.69) is 21.2 Å². The van der Waals surface area contributed by atoms with Gasteiger partial charge in [-0.1, -0.05) is 35.0 Å². The van der Waals surface area contributed by atoms with Crippen LogP contribution in [0.25, 0.3) is 0 Å². The molecule has 2 aromatic rings. The number of nitrogens with one attached hydrogen (secondary N) is 1. The van der Waals surface area contributed by atoms with Crippen LogP contribution in [0, 0.1) is 5.82 Å². The molecule has 0 aliphatic carbocycles. The lowest BCUT2D eigenvalue weighted by Gasteiger charge is -2.22. The van der Waals surface area contributed by atoms with Crippen molar-refractivity contribution in [1.29, 1.82) is 0 Å². The van der Waals surface area contributed by atoms with E-state index < -0.39 is 21.7 Å². The molecule has 8 heteroatoms. The Labute approximate surface area is 161 Å². The van der Waals surface area contributed by atoms with Crippen LogP contribution in [0.5, 0.6) is 0 Å². The number of amides is 1. The first kappa shape index (κ1) is 20.5. The lowest BCUT2D eigenvalue weighted by molar-refractivity contribution is -0.121. The fourth-order valence-electron chi connectivity index (χ4n) is 2.40. The highest BCUT2D eigenvalue weighted by molar-refractivity contribution is 9.10. The predicted molar refractivity (Wildman–Crippen MR) is 102 cm³/mol. The van der Waals surface area contributed by atoms with Crippen LogP contribution in [-0.2, 0) is 14.8 Å². The predicted octanol–water partition coefficient (Wildman–Crippen LogP) is 3.48. The second-order valence-electron chi connectivity index (χ2n) is 5.73. The molecule has 1 N–H and O–H groups in total. The van der Waals surface area contributed by atoms with E-state index in [4.69, 9.17) is 0 Å². The highest BCUT2D eigenvalue weighted by Gasteiger charge is 2.25. The maximum Gasteiger partial charge on any atom is 0.243 e. The van der Waals surface area contributed by atoms with E-state index in [9.17, 15) is 17.6 Å². The second-order valence-corrected chi connectivity index (χ2v) is 8.58. The quantitative estimate of drug-likeness (QED) is 0.713. The molecule has 0 heterocycles. The van der Waals surface area contributed by atoms with Gasteiger partial charge in [-0.3, -0.25) is 4.79 Å². The molecule has 0 bridgehead atoms. The van der Waals surface area contributed by atoms with Gasteiger partial charge in [0.1, 0.15) is 5.82 Å². The standard InChI is InChI=1S/C18H20BrFN2O3S/c1-3-22(26(24,25)17-10-8-16(20)9-11-17)12-18(23)21-13(2)14-4-6-15(19)7-5-14/h4-11,13H,3,12H2,1-2H3,(H,21,23)/t13-/m1/s1. The van der Waals surface area contributed by atoms with Gasteiger partial charge in [-0.2, -0.15) is 4.31 Å². The zero-order chi connectivity index (χ0) is 19.3. The van der Waals surface area contributed by atoms with Crippen molar-refractivity contribution < 1.29 is 17.6 Å². The molecule has 0 fully saturated rings. The fourth-order valence-corrected chi connectivity index (χ4v) is 4.07. The molecule has 0 saturated carbocycles. The van der Waals surface area contributed by atoms with Crippen LogP contribution in [0.1, 0.15) is 25.5 Å². The van der Waals surface area contributed by atoms with E-state index in [0.29, 0.717) is 0 Å². The minimum atomic E-state index is -3.87. The molecule has 1 amide bonds. The normalized spacial score (nSPS) is 12.8. The van der Waals surface area contributed by atoms with Crippen LogP contribution in [0.15, 0.2) is 57.9 Å². The van der Waals surface area contributed by atoms with Gasteiger partial charge in [0.05, 0.1) is 17.5 Å². The first-order valence-electron chi connectivity index (χ1n) is 8.04. The van der Waals surface area contributed by atoms with Gasteiger partial charge < -0.3 is 5.32 Å². The van der Waals surface area contributed by atoms with Crippen molar-refractivity contribution in [2.45, 2.75) is 24.8 Å². The Morgan fingerprint density at radius 1 is 1.15 bits per heavy atom. The summed E-state index contributed by atoms with van der Waals surface area (Å²) in [6, 6.07) is 11.8. The van der Waals surface area contributed by atoms with Crippen molar-refractivity contribution in [1.82, 2.24) is 9.62 Å². The molecule has 0 spiro atoms. The van der Waals surface area contributed by atoms with Crippen molar-refractivity contribution in [3.63, 3.8) is 0 Å². The van der Waals surface area contributed by atoms with Crippen LogP contribution in [0.2, 0.25) is 0 Å². The van der Waals surface area contributed by atoms with Gasteiger partial charge in [0.15, 0.2) is 0 Å². The van der Waals surface area contributed by atoms with Gasteiger partial charge in [0.2, 0.25) is 15.9 Å². The number of rotatable bonds is 7. The molecule has 5 nitrogen and oxygen atoms in total. The molecule has 0 saturated heterocycles. The van der Waals surface area contributed by atoms with E-state index in [1.54, 1.807) is 6.92 Å². The highest BCUT2D eigenvalue weighted by atomic mass is 79.9. The van der Waals surface area contributed by atoms with E-state index in [0.717, 1.165) is 26.5 Å². The Hall–Kier alpha value is -1.77. The van der Waals surface area contributed by atoms with Crippen molar-refractivity contribution in [2.75, 3.05) is 13.1 Å². The summed E-state index contributed by atoms with van der Waals surface area (Å²) in [7, 11) is -3.87. The number of nitrogens with zero attached hydrogens (tertiary/aromatic N) is 1. The Morgan fingerprint density at radius 3 is 2.27 bits per heavy atom. The monoisotopic (exact) mass is 442 g/mol. The summed E-state index contributed by atoms with van der Waals surface area (Å²) < 4.78 is 40.3. The molecule has 0 radical (unpaired) electrons. The smallest absolute Gasteiger partial charge is 0.243 e. The third-order valence-corrected chi connectivity index (χ3v) is 6.34. The Kier molecular flexibility index (Phi) is 6.91. The molecular weight excluding hydrogens is 423 g/mol. The summed E-state index contributed by atoms with van der Waals surface area (Å²) in [6.07, 6.45) is 0. The summed E-state index contributed by atoms with van der Waals surface area (Å²) in [5.74, 6) is -0.930. The molecule has 2 rings (SSSR count). The van der Waals surface area contributed by atoms with Crippen LogP contribution in [-0.4, -0.2) is 31.7 Å². The van der Waals surface area contributed by atoms with E-state index in [-0.39, 0.29) is 24.0 Å². The number of sulfonamides is 1. The lowest BCUT2D eigenvalue weighted by atomic mass is 10.1. The molecule has 1 atom stereocenters. The third kappa shape index (κ3) is 5.12. The maximum absolute atomic E-state index is 13.0. The van der Waals surface area contributed by atoms with Crippen LogP contribution in [0.3, 0.4) is 0 Å². The van der Waals surface area contributed by atoms with Gasteiger partial charge in [-0.05, 0) is 48.9 Å². The highest BCUT2D eigenvalue weighted by Crippen LogP contribution is 2.18. The number of likely N-dealkylation sites (N-methyl/N-ethyl adjacent to an activating group) is 1. The Morgan fingerprint density at radius 2 is 1.73 bits per heavy atom. The zero-order valence-corrected chi connectivity index (χ0v) is 16.8. The number of halogens is 2. The van der Waals surface area contributed by atoms with Gasteiger partial charge in [0.25, 0.3) is 0 Å². The largest absolute Gasteiger partial charge is 0.348 e. The summed E-state index contributed by atoms with van der Waals surface area (Å²) in [5, 5.41) is 2.79. The number of hydrogen-bond donors (Lipinski definition) is 1. The Balaban J connectivity index is 2.07. The fraction of sp³-hybridized carbons (Fsp3) is 0.278. The summed E-state index contributed by atoms with van der Waals surface area (Å²) in [4.78, 5) is 12.3. The lowest BCUT2D eigenvalue weighted by Crippen LogP contribution is -2.41. The van der Waals surface area contributed by atoms with Crippen molar-refractivity contribution >= 4 is 31.9 Å². The summed E-state index contributed by atoms with van der Waals surface area (Å²) in [5.41, 5.74) is 0.908. The van der Waals surface area contributed by atoms with Crippen LogP contribution < -0.4 is 5.32 Å². The minimum Gasteiger partial charge on any atom is -0.348 e. The SMILES string of the molecule is CCN(CC(=O)N[C@H](C)c1ccc(Br)cc1)S(=O)(=O)c1ccc(F)cc1. The summed E-state index contributed by atoms with van der Waals surface area (Å²) >= 11 is 3.35. The second kappa shape index (κ2) is 8.75.